The van der Waals surface area contributed by atoms with Crippen LogP contribution in [0.2, 0.25) is 0 Å². The average molecular weight is 489 g/mol. The highest BCUT2D eigenvalue weighted by atomic mass is 32.1. The number of piperidine rings is 1. The molecule has 1 aliphatic rings. The number of amides is 1. The molecule has 1 saturated heterocycles. The maximum Gasteiger partial charge on any atom is 0.254 e. The molecule has 0 spiro atoms. The quantitative estimate of drug-likeness (QED) is 0.324. The normalized spacial score (nSPS) is 14.2. The molecule has 2 heterocycles. The van der Waals surface area contributed by atoms with E-state index in [1.54, 1.807) is 37.7 Å². The van der Waals surface area contributed by atoms with Crippen LogP contribution in [0.3, 0.4) is 0 Å². The van der Waals surface area contributed by atoms with Crippen molar-refractivity contribution in [1.29, 1.82) is 0 Å². The number of nitrogens with zero attached hydrogens (tertiary/aromatic N) is 2. The van der Waals surface area contributed by atoms with Crippen LogP contribution in [-0.2, 0) is 6.61 Å². The summed E-state index contributed by atoms with van der Waals surface area (Å²) in [5.74, 6) is 1.80. The largest absolute Gasteiger partial charge is 0.493 e. The summed E-state index contributed by atoms with van der Waals surface area (Å²) in [5, 5.41) is 1.17. The molecule has 0 bridgehead atoms. The van der Waals surface area contributed by atoms with Crippen LogP contribution in [0.15, 0.2) is 66.7 Å². The van der Waals surface area contributed by atoms with Gasteiger partial charge in [0.1, 0.15) is 6.61 Å². The Hall–Kier alpha value is -3.58. The number of likely N-dealkylation sites (tertiary alicyclic amines) is 1. The number of methoxy groups -OCH3 is 2. The van der Waals surface area contributed by atoms with Gasteiger partial charge in [0.2, 0.25) is 5.75 Å². The molecule has 1 amide bonds. The van der Waals surface area contributed by atoms with E-state index in [0.29, 0.717) is 48.4 Å². The standard InChI is InChI=1S/C28H28N2O4S/c1-32-23-16-21(17-24(33-2)26(23)34-18-19-8-4-3-5-9-19)28(31)30-14-12-20(13-15-30)27-29-22-10-6-7-11-25(22)35-27/h3-11,16-17,20H,12-15,18H2,1-2H3. The smallest absolute Gasteiger partial charge is 0.254 e. The number of aromatic nitrogens is 1. The van der Waals surface area contributed by atoms with Gasteiger partial charge in [0.05, 0.1) is 29.4 Å². The minimum Gasteiger partial charge on any atom is -0.493 e. The molecular weight excluding hydrogens is 460 g/mol. The van der Waals surface area contributed by atoms with Crippen molar-refractivity contribution < 1.29 is 19.0 Å². The minimum atomic E-state index is -0.0287. The Morgan fingerprint density at radius 1 is 0.971 bits per heavy atom. The summed E-state index contributed by atoms with van der Waals surface area (Å²) in [4.78, 5) is 20.1. The third-order valence-electron chi connectivity index (χ3n) is 6.38. The molecule has 35 heavy (non-hydrogen) atoms. The number of fused-ring (bicyclic) bond motifs is 1. The lowest BCUT2D eigenvalue weighted by Gasteiger charge is -2.31. The fourth-order valence-corrected chi connectivity index (χ4v) is 5.59. The predicted molar refractivity (Wildman–Crippen MR) is 138 cm³/mol. The highest BCUT2D eigenvalue weighted by Crippen LogP contribution is 2.40. The molecule has 0 N–H and O–H groups in total. The van der Waals surface area contributed by atoms with Crippen molar-refractivity contribution in [2.24, 2.45) is 0 Å². The molecule has 6 nitrogen and oxygen atoms in total. The van der Waals surface area contributed by atoms with Gasteiger partial charge in [-0.05, 0) is 42.7 Å². The van der Waals surface area contributed by atoms with E-state index in [1.165, 1.54) is 9.71 Å². The van der Waals surface area contributed by atoms with E-state index in [9.17, 15) is 4.79 Å². The molecule has 7 heteroatoms. The second-order valence-electron chi connectivity index (χ2n) is 8.57. The van der Waals surface area contributed by atoms with Crippen molar-refractivity contribution in [2.45, 2.75) is 25.4 Å². The van der Waals surface area contributed by atoms with Crippen molar-refractivity contribution in [3.05, 3.63) is 82.9 Å². The van der Waals surface area contributed by atoms with Gasteiger partial charge in [-0.1, -0.05) is 42.5 Å². The molecule has 4 aromatic rings. The van der Waals surface area contributed by atoms with Gasteiger partial charge in [0, 0.05) is 24.6 Å². The third kappa shape index (κ3) is 4.95. The van der Waals surface area contributed by atoms with Gasteiger partial charge in [-0.15, -0.1) is 11.3 Å². The van der Waals surface area contributed by atoms with Crippen molar-refractivity contribution >= 4 is 27.5 Å². The monoisotopic (exact) mass is 488 g/mol. The summed E-state index contributed by atoms with van der Waals surface area (Å²) >= 11 is 1.76. The number of benzene rings is 3. The van der Waals surface area contributed by atoms with E-state index < -0.39 is 0 Å². The van der Waals surface area contributed by atoms with Gasteiger partial charge in [0.15, 0.2) is 11.5 Å². The summed E-state index contributed by atoms with van der Waals surface area (Å²) in [6, 6.07) is 21.6. The summed E-state index contributed by atoms with van der Waals surface area (Å²) in [5.41, 5.74) is 2.62. The molecule has 0 aliphatic carbocycles. The molecule has 180 valence electrons. The molecule has 0 radical (unpaired) electrons. The van der Waals surface area contributed by atoms with Crippen molar-refractivity contribution in [3.63, 3.8) is 0 Å². The zero-order chi connectivity index (χ0) is 24.2. The second kappa shape index (κ2) is 10.4. The minimum absolute atomic E-state index is 0.0287. The Labute approximate surface area is 209 Å². The fourth-order valence-electron chi connectivity index (χ4n) is 4.45. The predicted octanol–water partition coefficient (Wildman–Crippen LogP) is 5.91. The number of rotatable bonds is 7. The van der Waals surface area contributed by atoms with Gasteiger partial charge in [-0.25, -0.2) is 4.98 Å². The average Bonchev–Trinajstić information content (AvgIpc) is 3.36. The lowest BCUT2D eigenvalue weighted by molar-refractivity contribution is 0.0712. The van der Waals surface area contributed by atoms with Gasteiger partial charge < -0.3 is 19.1 Å². The molecule has 0 unspecified atom stereocenters. The number of carbonyl (C=O) groups is 1. The second-order valence-corrected chi connectivity index (χ2v) is 9.63. The van der Waals surface area contributed by atoms with Gasteiger partial charge in [-0.3, -0.25) is 4.79 Å². The first-order valence-electron chi connectivity index (χ1n) is 11.7. The van der Waals surface area contributed by atoms with Crippen LogP contribution in [0.1, 0.15) is 39.7 Å². The first-order valence-corrected chi connectivity index (χ1v) is 12.6. The first kappa shape index (κ1) is 23.2. The van der Waals surface area contributed by atoms with Crippen LogP contribution >= 0.6 is 11.3 Å². The Morgan fingerprint density at radius 2 is 1.63 bits per heavy atom. The molecule has 1 aliphatic heterocycles. The summed E-state index contributed by atoms with van der Waals surface area (Å²) in [6.45, 7) is 1.76. The first-order chi connectivity index (χ1) is 17.2. The van der Waals surface area contributed by atoms with Crippen LogP contribution in [-0.4, -0.2) is 43.1 Å². The third-order valence-corrected chi connectivity index (χ3v) is 7.57. The van der Waals surface area contributed by atoms with Crippen LogP contribution in [0.25, 0.3) is 10.2 Å². The maximum absolute atomic E-state index is 13.4. The van der Waals surface area contributed by atoms with E-state index in [4.69, 9.17) is 19.2 Å². The summed E-state index contributed by atoms with van der Waals surface area (Å²) < 4.78 is 18.4. The highest BCUT2D eigenvalue weighted by molar-refractivity contribution is 7.18. The molecule has 5 rings (SSSR count). The van der Waals surface area contributed by atoms with Crippen LogP contribution in [0.5, 0.6) is 17.2 Å². The fraction of sp³-hybridized carbons (Fsp3) is 0.286. The molecule has 3 aromatic carbocycles. The van der Waals surface area contributed by atoms with E-state index in [-0.39, 0.29) is 5.91 Å². The van der Waals surface area contributed by atoms with Crippen molar-refractivity contribution in [3.8, 4) is 17.2 Å². The topological polar surface area (TPSA) is 60.9 Å². The summed E-state index contributed by atoms with van der Waals surface area (Å²) in [6.07, 6.45) is 1.80. The lowest BCUT2D eigenvalue weighted by atomic mass is 9.97. The van der Waals surface area contributed by atoms with Gasteiger partial charge >= 0.3 is 0 Å². The summed E-state index contributed by atoms with van der Waals surface area (Å²) in [7, 11) is 3.14. The van der Waals surface area contributed by atoms with E-state index in [2.05, 4.69) is 12.1 Å². The molecule has 0 saturated carbocycles. The Kier molecular flexibility index (Phi) is 6.86. The molecule has 1 fully saturated rings. The maximum atomic E-state index is 13.4. The number of ether oxygens (including phenoxy) is 3. The highest BCUT2D eigenvalue weighted by Gasteiger charge is 2.28. The zero-order valence-electron chi connectivity index (χ0n) is 19.9. The Balaban J connectivity index is 1.29. The van der Waals surface area contributed by atoms with Crippen molar-refractivity contribution in [1.82, 2.24) is 9.88 Å². The number of carbonyl (C=O) groups excluding carboxylic acids is 1. The number of para-hydroxylation sites is 1. The van der Waals surface area contributed by atoms with E-state index in [1.807, 2.05) is 47.4 Å². The lowest BCUT2D eigenvalue weighted by Crippen LogP contribution is -2.37. The number of hydrogen-bond donors (Lipinski definition) is 0. The SMILES string of the molecule is COc1cc(C(=O)N2CCC(c3nc4ccccc4s3)CC2)cc(OC)c1OCc1ccccc1. The molecule has 0 atom stereocenters. The number of hydrogen-bond acceptors (Lipinski definition) is 6. The van der Waals surface area contributed by atoms with Crippen molar-refractivity contribution in [2.75, 3.05) is 27.3 Å². The Bertz CT molecular complexity index is 1260. The number of thiazole rings is 1. The zero-order valence-corrected chi connectivity index (χ0v) is 20.7. The van der Waals surface area contributed by atoms with Gasteiger partial charge in [0.25, 0.3) is 5.91 Å². The molecule has 1 aromatic heterocycles. The van der Waals surface area contributed by atoms with E-state index in [0.717, 1.165) is 23.9 Å². The van der Waals surface area contributed by atoms with Crippen LogP contribution < -0.4 is 14.2 Å². The van der Waals surface area contributed by atoms with E-state index >= 15 is 0 Å². The Morgan fingerprint density at radius 3 is 2.29 bits per heavy atom. The van der Waals surface area contributed by atoms with Crippen LogP contribution in [0, 0.1) is 0 Å². The van der Waals surface area contributed by atoms with Crippen LogP contribution in [0.4, 0.5) is 0 Å². The molecular formula is C28H28N2O4S. The van der Waals surface area contributed by atoms with Gasteiger partial charge in [-0.2, -0.15) is 0 Å².